The standard InChI is InChI=1S/C28H24F2N8O2S/c1-13(2)40-26-19(30)9-17(10-32-26)23-21-24(31)33-12-34-25(21)38(36-23)15(4)22-20(16-6-5-7-18(29)8-16)27(39)37-14(3)11-41-28(37)35-22/h5-13,15H,1-4H3,(H2,31,33,34)/t15-/m0/s1. The number of nitrogen functional groups attached to an aromatic ring is 1. The first-order valence-electron chi connectivity index (χ1n) is 12.7. The fourth-order valence-electron chi connectivity index (χ4n) is 4.76. The molecule has 0 aliphatic heterocycles. The van der Waals surface area contributed by atoms with Crippen LogP contribution in [-0.4, -0.2) is 40.2 Å². The second kappa shape index (κ2) is 10.0. The van der Waals surface area contributed by atoms with E-state index in [1.807, 2.05) is 12.3 Å². The average molecular weight is 575 g/mol. The number of aromatic nitrogens is 7. The van der Waals surface area contributed by atoms with Crippen LogP contribution in [0.1, 0.15) is 38.2 Å². The molecule has 0 fully saturated rings. The van der Waals surface area contributed by atoms with Crippen molar-refractivity contribution in [1.29, 1.82) is 0 Å². The van der Waals surface area contributed by atoms with E-state index in [0.29, 0.717) is 44.2 Å². The molecule has 41 heavy (non-hydrogen) atoms. The second-order valence-electron chi connectivity index (χ2n) is 9.79. The summed E-state index contributed by atoms with van der Waals surface area (Å²) in [5, 5.41) is 6.98. The number of nitrogens with two attached hydrogens (primary N) is 1. The molecule has 10 nitrogen and oxygen atoms in total. The Morgan fingerprint density at radius 2 is 1.88 bits per heavy atom. The highest BCUT2D eigenvalue weighted by atomic mass is 32.1. The Balaban J connectivity index is 1.59. The van der Waals surface area contributed by atoms with E-state index in [1.54, 1.807) is 31.5 Å². The number of fused-ring (bicyclic) bond motifs is 2. The predicted octanol–water partition coefficient (Wildman–Crippen LogP) is 5.19. The van der Waals surface area contributed by atoms with Gasteiger partial charge in [0.05, 0.1) is 28.8 Å². The number of thiazole rings is 1. The van der Waals surface area contributed by atoms with Gasteiger partial charge < -0.3 is 10.5 Å². The van der Waals surface area contributed by atoms with Crippen molar-refractivity contribution in [3.8, 4) is 28.3 Å². The van der Waals surface area contributed by atoms with Gasteiger partial charge in [-0.3, -0.25) is 9.20 Å². The first-order valence-corrected chi connectivity index (χ1v) is 13.6. The van der Waals surface area contributed by atoms with Gasteiger partial charge >= 0.3 is 0 Å². The topological polar surface area (TPSA) is 126 Å². The van der Waals surface area contributed by atoms with Crippen LogP contribution in [-0.2, 0) is 0 Å². The first-order chi connectivity index (χ1) is 19.6. The Morgan fingerprint density at radius 1 is 1.07 bits per heavy atom. The van der Waals surface area contributed by atoms with Gasteiger partial charge in [-0.05, 0) is 51.5 Å². The largest absolute Gasteiger partial charge is 0.473 e. The van der Waals surface area contributed by atoms with Gasteiger partial charge in [-0.2, -0.15) is 5.10 Å². The molecule has 0 bridgehead atoms. The Kier molecular flexibility index (Phi) is 6.45. The number of rotatable bonds is 6. The monoisotopic (exact) mass is 574 g/mol. The SMILES string of the molecule is Cc1csc2nc([C@H](C)n3nc(-c4cnc(OC(C)C)c(F)c4)c4c(N)ncnc43)c(-c3cccc(F)c3)c(=O)n12. The summed E-state index contributed by atoms with van der Waals surface area (Å²) >= 11 is 1.32. The number of anilines is 1. The van der Waals surface area contributed by atoms with Crippen LogP contribution in [0.25, 0.3) is 38.4 Å². The second-order valence-corrected chi connectivity index (χ2v) is 10.6. The summed E-state index contributed by atoms with van der Waals surface area (Å²) < 4.78 is 37.8. The molecule has 208 valence electrons. The van der Waals surface area contributed by atoms with Crippen LogP contribution in [0, 0.1) is 18.6 Å². The van der Waals surface area contributed by atoms with E-state index in [0.717, 1.165) is 0 Å². The van der Waals surface area contributed by atoms with Crippen LogP contribution >= 0.6 is 11.3 Å². The number of pyridine rings is 1. The molecule has 0 saturated carbocycles. The zero-order valence-electron chi connectivity index (χ0n) is 22.5. The molecule has 1 atom stereocenters. The van der Waals surface area contributed by atoms with E-state index >= 15 is 0 Å². The van der Waals surface area contributed by atoms with Crippen LogP contribution in [0.4, 0.5) is 14.6 Å². The van der Waals surface area contributed by atoms with Crippen molar-refractivity contribution in [3.63, 3.8) is 0 Å². The lowest BCUT2D eigenvalue weighted by molar-refractivity contribution is 0.221. The summed E-state index contributed by atoms with van der Waals surface area (Å²) in [6.07, 6.45) is 2.47. The minimum Gasteiger partial charge on any atom is -0.473 e. The fourth-order valence-corrected chi connectivity index (χ4v) is 5.63. The van der Waals surface area contributed by atoms with Gasteiger partial charge in [-0.1, -0.05) is 12.1 Å². The molecule has 5 heterocycles. The lowest BCUT2D eigenvalue weighted by Crippen LogP contribution is -2.23. The van der Waals surface area contributed by atoms with Crippen molar-refractivity contribution in [2.45, 2.75) is 39.8 Å². The third-order valence-electron chi connectivity index (χ3n) is 6.59. The van der Waals surface area contributed by atoms with Gasteiger partial charge in [-0.25, -0.2) is 33.4 Å². The Morgan fingerprint density at radius 3 is 2.61 bits per heavy atom. The van der Waals surface area contributed by atoms with E-state index in [9.17, 15) is 13.6 Å². The summed E-state index contributed by atoms with van der Waals surface area (Å²) in [4.78, 5) is 31.8. The number of hydrogen-bond donors (Lipinski definition) is 1. The van der Waals surface area contributed by atoms with E-state index in [2.05, 4.69) is 15.0 Å². The van der Waals surface area contributed by atoms with Gasteiger partial charge in [0.25, 0.3) is 11.4 Å². The first kappa shape index (κ1) is 26.4. The average Bonchev–Trinajstić information content (AvgIpc) is 3.51. The number of aryl methyl sites for hydroxylation is 1. The molecule has 5 aromatic heterocycles. The number of ether oxygens (including phenoxy) is 1. The van der Waals surface area contributed by atoms with E-state index in [4.69, 9.17) is 20.6 Å². The van der Waals surface area contributed by atoms with Crippen LogP contribution in [0.5, 0.6) is 5.88 Å². The zero-order chi connectivity index (χ0) is 29.0. The third kappa shape index (κ3) is 4.47. The van der Waals surface area contributed by atoms with Gasteiger partial charge in [0.1, 0.15) is 23.7 Å². The highest BCUT2D eigenvalue weighted by Crippen LogP contribution is 2.35. The van der Waals surface area contributed by atoms with Gasteiger partial charge in [0, 0.05) is 22.8 Å². The Hall–Kier alpha value is -4.78. The number of nitrogens with zero attached hydrogens (tertiary/aromatic N) is 7. The molecule has 13 heteroatoms. The molecule has 0 spiro atoms. The van der Waals surface area contributed by atoms with Crippen LogP contribution in [0.3, 0.4) is 0 Å². The van der Waals surface area contributed by atoms with Gasteiger partial charge in [0.2, 0.25) is 0 Å². The maximum absolute atomic E-state index is 14.9. The molecule has 1 aromatic carbocycles. The molecule has 0 radical (unpaired) electrons. The number of hydrogen-bond acceptors (Lipinski definition) is 9. The highest BCUT2D eigenvalue weighted by molar-refractivity contribution is 7.15. The summed E-state index contributed by atoms with van der Waals surface area (Å²) in [5.41, 5.74) is 8.59. The highest BCUT2D eigenvalue weighted by Gasteiger charge is 2.27. The summed E-state index contributed by atoms with van der Waals surface area (Å²) in [6, 6.07) is 6.39. The molecule has 2 N–H and O–H groups in total. The van der Waals surface area contributed by atoms with Crippen molar-refractivity contribution in [1.82, 2.24) is 34.1 Å². The van der Waals surface area contributed by atoms with Crippen molar-refractivity contribution in [2.75, 3.05) is 5.73 Å². The molecular formula is C28H24F2N8O2S. The minimum atomic E-state index is -0.680. The Bertz CT molecular complexity index is 2020. The summed E-state index contributed by atoms with van der Waals surface area (Å²) in [6.45, 7) is 7.16. The summed E-state index contributed by atoms with van der Waals surface area (Å²) in [7, 11) is 0. The maximum atomic E-state index is 14.9. The lowest BCUT2D eigenvalue weighted by atomic mass is 10.0. The minimum absolute atomic E-state index is 0.131. The molecule has 0 aliphatic carbocycles. The maximum Gasteiger partial charge on any atom is 0.266 e. The molecular weight excluding hydrogens is 550 g/mol. The zero-order valence-corrected chi connectivity index (χ0v) is 23.3. The number of halogens is 2. The van der Waals surface area contributed by atoms with Crippen molar-refractivity contribution in [3.05, 3.63) is 81.6 Å². The van der Waals surface area contributed by atoms with Crippen LogP contribution in [0.2, 0.25) is 0 Å². The molecule has 0 saturated heterocycles. The van der Waals surface area contributed by atoms with Gasteiger partial charge in [-0.15, -0.1) is 11.3 Å². The molecule has 6 aromatic rings. The quantitative estimate of drug-likeness (QED) is 0.288. The molecule has 0 aliphatic rings. The smallest absolute Gasteiger partial charge is 0.266 e. The molecule has 0 unspecified atom stereocenters. The normalized spacial score (nSPS) is 12.5. The van der Waals surface area contributed by atoms with Crippen LogP contribution < -0.4 is 16.0 Å². The van der Waals surface area contributed by atoms with Crippen molar-refractivity contribution >= 4 is 33.1 Å². The van der Waals surface area contributed by atoms with E-state index in [-0.39, 0.29) is 28.9 Å². The van der Waals surface area contributed by atoms with Crippen LogP contribution in [0.15, 0.2) is 53.0 Å². The van der Waals surface area contributed by atoms with Gasteiger partial charge in [0.15, 0.2) is 16.4 Å². The predicted molar refractivity (Wildman–Crippen MR) is 152 cm³/mol. The lowest BCUT2D eigenvalue weighted by Gasteiger charge is -2.17. The fraction of sp³-hybridized carbons (Fsp3) is 0.214. The van der Waals surface area contributed by atoms with Crippen molar-refractivity contribution < 1.29 is 13.5 Å². The van der Waals surface area contributed by atoms with Crippen molar-refractivity contribution in [2.24, 2.45) is 0 Å². The van der Waals surface area contributed by atoms with E-state index < -0.39 is 17.7 Å². The number of benzene rings is 1. The molecule has 0 amide bonds. The third-order valence-corrected chi connectivity index (χ3v) is 7.53. The Labute approximate surface area is 236 Å². The van der Waals surface area contributed by atoms with E-state index in [1.165, 1.54) is 52.5 Å². The molecule has 6 rings (SSSR count). The summed E-state index contributed by atoms with van der Waals surface area (Å²) in [5.74, 6) is -1.15.